The summed E-state index contributed by atoms with van der Waals surface area (Å²) in [4.78, 5) is 3.64. The van der Waals surface area contributed by atoms with Gasteiger partial charge in [0.25, 0.3) is 0 Å². The van der Waals surface area contributed by atoms with E-state index in [4.69, 9.17) is 0 Å². The highest BCUT2D eigenvalue weighted by Gasteiger charge is 2.26. The van der Waals surface area contributed by atoms with Gasteiger partial charge in [-0.15, -0.1) is 22.7 Å². The molecule has 0 N–H and O–H groups in total. The Balaban J connectivity index is 1.96. The van der Waals surface area contributed by atoms with Crippen molar-refractivity contribution in [3.8, 4) is 20.9 Å². The van der Waals surface area contributed by atoms with Gasteiger partial charge in [0, 0.05) is 19.5 Å². The Morgan fingerprint density at radius 2 is 1.11 bits per heavy atom. The van der Waals surface area contributed by atoms with Crippen LogP contribution < -0.4 is 0 Å². The highest BCUT2D eigenvalue weighted by atomic mass is 32.1. The number of fused-ring (bicyclic) bond motifs is 1. The van der Waals surface area contributed by atoms with Gasteiger partial charge in [0.05, 0.1) is 22.9 Å². The first kappa shape index (κ1) is 18.7. The highest BCUT2D eigenvalue weighted by Crippen LogP contribution is 2.44. The van der Waals surface area contributed by atoms with Crippen molar-refractivity contribution in [3.05, 3.63) is 45.7 Å². The third kappa shape index (κ3) is 3.11. The van der Waals surface area contributed by atoms with E-state index in [9.17, 15) is 0 Å². The lowest BCUT2D eigenvalue weighted by Crippen LogP contribution is -1.95. The minimum Gasteiger partial charge on any atom is -0.203 e. The van der Waals surface area contributed by atoms with E-state index in [1.54, 1.807) is 0 Å². The second kappa shape index (κ2) is 7.04. The molecule has 0 amide bonds. The van der Waals surface area contributed by atoms with Crippen LogP contribution in [0.2, 0.25) is 0 Å². The van der Waals surface area contributed by atoms with E-state index in [0.717, 1.165) is 21.5 Å². The molecule has 3 aromatic heterocycles. The molecule has 0 fully saturated rings. The van der Waals surface area contributed by atoms with E-state index >= 15 is 8.78 Å². The number of aromatic nitrogens is 2. The van der Waals surface area contributed by atoms with Gasteiger partial charge >= 0.3 is 0 Å². The lowest BCUT2D eigenvalue weighted by atomic mass is 10.0. The smallest absolute Gasteiger partial charge is 0.170 e. The molecule has 0 aliphatic rings. The second-order valence-electron chi connectivity index (χ2n) is 7.05. The van der Waals surface area contributed by atoms with Crippen molar-refractivity contribution in [1.82, 2.24) is 8.75 Å². The summed E-state index contributed by atoms with van der Waals surface area (Å²) in [6.07, 6.45) is 0. The second-order valence-corrected chi connectivity index (χ2v) is 9.81. The van der Waals surface area contributed by atoms with Crippen molar-refractivity contribution in [2.45, 2.75) is 39.5 Å². The van der Waals surface area contributed by atoms with Crippen LogP contribution in [0, 0.1) is 11.6 Å². The molecule has 0 bridgehead atoms. The fourth-order valence-corrected chi connectivity index (χ4v) is 5.65. The quantitative estimate of drug-likeness (QED) is 0.338. The number of thiophene rings is 2. The van der Waals surface area contributed by atoms with Crippen LogP contribution in [0.25, 0.3) is 31.9 Å². The maximum atomic E-state index is 15.2. The van der Waals surface area contributed by atoms with Crippen molar-refractivity contribution >= 4 is 45.4 Å². The summed E-state index contributed by atoms with van der Waals surface area (Å²) in [5.74, 6) is -1.02. The number of hydrogen-bond acceptors (Lipinski definition) is 5. The van der Waals surface area contributed by atoms with Crippen molar-refractivity contribution in [2.75, 3.05) is 0 Å². The molecule has 1 aromatic carbocycles. The van der Waals surface area contributed by atoms with Crippen molar-refractivity contribution in [2.24, 2.45) is 0 Å². The molecule has 0 atom stereocenters. The summed E-state index contributed by atoms with van der Waals surface area (Å²) in [5.41, 5.74) is 1.31. The minimum absolute atomic E-state index is 0.220. The van der Waals surface area contributed by atoms with Gasteiger partial charge in [-0.25, -0.2) is 8.78 Å². The van der Waals surface area contributed by atoms with Crippen LogP contribution in [0.4, 0.5) is 8.78 Å². The SMILES string of the molecule is CC(C)c1ccc(-c2c(F)c(F)c(-c3ccc(C(C)C)s3)c3nsnc23)s1. The molecule has 27 heavy (non-hydrogen) atoms. The van der Waals surface area contributed by atoms with Crippen LogP contribution >= 0.6 is 34.4 Å². The number of nitrogens with zero attached hydrogens (tertiary/aromatic N) is 2. The monoisotopic (exact) mass is 420 g/mol. The van der Waals surface area contributed by atoms with Gasteiger partial charge in [-0.1, -0.05) is 27.7 Å². The first-order chi connectivity index (χ1) is 12.9. The number of halogens is 2. The number of rotatable bonds is 4. The van der Waals surface area contributed by atoms with Gasteiger partial charge in [0.15, 0.2) is 11.6 Å². The van der Waals surface area contributed by atoms with Gasteiger partial charge < -0.3 is 0 Å². The lowest BCUT2D eigenvalue weighted by Gasteiger charge is -2.08. The summed E-state index contributed by atoms with van der Waals surface area (Å²) >= 11 is 3.95. The average Bonchev–Trinajstić information content (AvgIpc) is 3.35. The Morgan fingerprint density at radius 1 is 0.704 bits per heavy atom. The molecule has 0 saturated carbocycles. The summed E-state index contributed by atoms with van der Waals surface area (Å²) in [6.45, 7) is 8.33. The average molecular weight is 421 g/mol. The first-order valence-electron chi connectivity index (χ1n) is 8.71. The van der Waals surface area contributed by atoms with E-state index in [1.165, 1.54) is 22.7 Å². The number of hydrogen-bond donors (Lipinski definition) is 0. The summed E-state index contributed by atoms with van der Waals surface area (Å²) < 4.78 is 39.0. The maximum absolute atomic E-state index is 15.2. The molecule has 0 saturated heterocycles. The molecule has 140 valence electrons. The van der Waals surface area contributed by atoms with E-state index in [1.807, 2.05) is 24.3 Å². The molecule has 7 heteroatoms. The Hall–Kier alpha value is -1.70. The standard InChI is InChI=1S/C20H18F2N2S3/c1-9(2)11-5-7-13(25-11)15-17(21)18(22)16(20-19(15)23-27-24-20)14-8-6-12(26-14)10(3)4/h5-10H,1-4H3. The van der Waals surface area contributed by atoms with E-state index < -0.39 is 11.6 Å². The molecular weight excluding hydrogens is 402 g/mol. The predicted octanol–water partition coefficient (Wildman–Crippen LogP) is 7.67. The number of benzene rings is 1. The van der Waals surface area contributed by atoms with Crippen LogP contribution in [0.5, 0.6) is 0 Å². The molecule has 0 spiro atoms. The van der Waals surface area contributed by atoms with Crippen LogP contribution in [-0.4, -0.2) is 8.75 Å². The highest BCUT2D eigenvalue weighted by molar-refractivity contribution is 7.16. The Labute approximate surface area is 168 Å². The summed E-state index contributed by atoms with van der Waals surface area (Å²) in [5, 5.41) is 0. The molecule has 0 unspecified atom stereocenters. The van der Waals surface area contributed by atoms with Crippen LogP contribution in [0.15, 0.2) is 24.3 Å². The van der Waals surface area contributed by atoms with Crippen LogP contribution in [0.1, 0.15) is 49.3 Å². The van der Waals surface area contributed by atoms with Crippen LogP contribution in [-0.2, 0) is 0 Å². The predicted molar refractivity (Wildman–Crippen MR) is 112 cm³/mol. The van der Waals surface area contributed by atoms with E-state index in [2.05, 4.69) is 36.4 Å². The van der Waals surface area contributed by atoms with Crippen LogP contribution in [0.3, 0.4) is 0 Å². The molecule has 4 rings (SSSR count). The first-order valence-corrected chi connectivity index (χ1v) is 11.1. The van der Waals surface area contributed by atoms with Crippen molar-refractivity contribution in [1.29, 1.82) is 0 Å². The zero-order valence-corrected chi connectivity index (χ0v) is 17.8. The lowest BCUT2D eigenvalue weighted by molar-refractivity contribution is 0.516. The van der Waals surface area contributed by atoms with Crippen molar-refractivity contribution < 1.29 is 8.78 Å². The maximum Gasteiger partial charge on any atom is 0.170 e. The van der Waals surface area contributed by atoms with Gasteiger partial charge in [-0.3, -0.25) is 0 Å². The largest absolute Gasteiger partial charge is 0.203 e. The van der Waals surface area contributed by atoms with Crippen molar-refractivity contribution in [3.63, 3.8) is 0 Å². The molecular formula is C20H18F2N2S3. The fourth-order valence-electron chi connectivity index (χ4n) is 2.99. The third-order valence-electron chi connectivity index (χ3n) is 4.48. The Morgan fingerprint density at radius 3 is 1.44 bits per heavy atom. The molecule has 0 aliphatic heterocycles. The molecule has 4 aromatic rings. The molecule has 0 aliphatic carbocycles. The van der Waals surface area contributed by atoms with E-state index in [-0.39, 0.29) is 11.1 Å². The fraction of sp³-hybridized carbons (Fsp3) is 0.300. The van der Waals surface area contributed by atoms with E-state index in [0.29, 0.717) is 32.6 Å². The Kier molecular flexibility index (Phi) is 4.86. The molecule has 2 nitrogen and oxygen atoms in total. The van der Waals surface area contributed by atoms with Gasteiger partial charge in [-0.2, -0.15) is 8.75 Å². The Bertz CT molecular complexity index is 1040. The summed E-state index contributed by atoms with van der Waals surface area (Å²) in [6, 6.07) is 7.63. The minimum atomic E-state index is -0.846. The third-order valence-corrected chi connectivity index (χ3v) is 7.81. The van der Waals surface area contributed by atoms with Gasteiger partial charge in [-0.05, 0) is 36.1 Å². The van der Waals surface area contributed by atoms with Gasteiger partial charge in [0.1, 0.15) is 11.0 Å². The molecule has 3 heterocycles. The van der Waals surface area contributed by atoms with Gasteiger partial charge in [0.2, 0.25) is 0 Å². The zero-order valence-electron chi connectivity index (χ0n) is 15.3. The topological polar surface area (TPSA) is 25.8 Å². The normalized spacial score (nSPS) is 12.0. The summed E-state index contributed by atoms with van der Waals surface area (Å²) in [7, 11) is 0. The zero-order chi connectivity index (χ0) is 19.3. The molecule has 0 radical (unpaired) electrons.